The first kappa shape index (κ1) is 15.6. The Kier molecular flexibility index (Phi) is 4.07. The SMILES string of the molecule is CNc1ccc(-c2ccc(-c3nc4ccc(OC)cc4s3)cc2)cn1. The van der Waals surface area contributed by atoms with Crippen molar-refractivity contribution >= 4 is 27.4 Å². The van der Waals surface area contributed by atoms with E-state index in [0.717, 1.165) is 43.5 Å². The van der Waals surface area contributed by atoms with Crippen molar-refractivity contribution in [2.75, 3.05) is 19.5 Å². The zero-order valence-electron chi connectivity index (χ0n) is 14.0. The van der Waals surface area contributed by atoms with E-state index in [-0.39, 0.29) is 0 Å². The normalized spacial score (nSPS) is 10.8. The van der Waals surface area contributed by atoms with Crippen molar-refractivity contribution in [1.29, 1.82) is 0 Å². The Bertz CT molecular complexity index is 1010. The predicted octanol–water partition coefficient (Wildman–Crippen LogP) is 5.08. The molecule has 1 N–H and O–H groups in total. The van der Waals surface area contributed by atoms with E-state index in [2.05, 4.69) is 40.6 Å². The number of rotatable bonds is 4. The van der Waals surface area contributed by atoms with Gasteiger partial charge in [-0.05, 0) is 35.9 Å². The molecule has 25 heavy (non-hydrogen) atoms. The van der Waals surface area contributed by atoms with Crippen LogP contribution in [0.2, 0.25) is 0 Å². The van der Waals surface area contributed by atoms with E-state index in [1.165, 1.54) is 0 Å². The van der Waals surface area contributed by atoms with Crippen LogP contribution in [0.3, 0.4) is 0 Å². The van der Waals surface area contributed by atoms with Crippen molar-refractivity contribution in [1.82, 2.24) is 9.97 Å². The van der Waals surface area contributed by atoms with Crippen molar-refractivity contribution in [3.05, 3.63) is 60.8 Å². The monoisotopic (exact) mass is 347 g/mol. The number of nitrogens with zero attached hydrogens (tertiary/aromatic N) is 2. The molecule has 5 heteroatoms. The maximum absolute atomic E-state index is 5.29. The van der Waals surface area contributed by atoms with Gasteiger partial charge in [0.1, 0.15) is 16.6 Å². The van der Waals surface area contributed by atoms with Crippen LogP contribution >= 0.6 is 11.3 Å². The van der Waals surface area contributed by atoms with Crippen molar-refractivity contribution < 1.29 is 4.74 Å². The first-order valence-corrected chi connectivity index (χ1v) is 8.77. The molecule has 4 rings (SSSR count). The first-order chi connectivity index (χ1) is 12.3. The first-order valence-electron chi connectivity index (χ1n) is 7.96. The van der Waals surface area contributed by atoms with Crippen molar-refractivity contribution in [2.24, 2.45) is 0 Å². The predicted molar refractivity (Wildman–Crippen MR) is 104 cm³/mol. The van der Waals surface area contributed by atoms with Gasteiger partial charge in [-0.3, -0.25) is 0 Å². The second-order valence-corrected chi connectivity index (χ2v) is 6.64. The van der Waals surface area contributed by atoms with E-state index >= 15 is 0 Å². The van der Waals surface area contributed by atoms with Gasteiger partial charge in [-0.15, -0.1) is 11.3 Å². The van der Waals surface area contributed by atoms with Crippen molar-refractivity contribution in [3.63, 3.8) is 0 Å². The lowest BCUT2D eigenvalue weighted by Crippen LogP contribution is -1.91. The number of aromatic nitrogens is 2. The molecule has 0 saturated heterocycles. The van der Waals surface area contributed by atoms with Gasteiger partial charge in [0.25, 0.3) is 0 Å². The summed E-state index contributed by atoms with van der Waals surface area (Å²) in [6.45, 7) is 0. The Morgan fingerprint density at radius 1 is 0.920 bits per heavy atom. The second kappa shape index (κ2) is 6.53. The number of anilines is 1. The standard InChI is InChI=1S/C20H17N3OS/c1-21-19-10-7-15(12-22-19)13-3-5-14(6-4-13)20-23-17-9-8-16(24-2)11-18(17)25-20/h3-12H,1-2H3,(H,21,22). The molecule has 0 aliphatic rings. The summed E-state index contributed by atoms with van der Waals surface area (Å²) in [6.07, 6.45) is 1.88. The third-order valence-electron chi connectivity index (χ3n) is 4.08. The average molecular weight is 347 g/mol. The molecule has 0 spiro atoms. The van der Waals surface area contributed by atoms with Crippen LogP contribution in [0.25, 0.3) is 31.9 Å². The molecular weight excluding hydrogens is 330 g/mol. The number of pyridine rings is 1. The number of nitrogens with one attached hydrogen (secondary N) is 1. The molecule has 2 heterocycles. The zero-order chi connectivity index (χ0) is 17.2. The van der Waals surface area contributed by atoms with Gasteiger partial charge >= 0.3 is 0 Å². The van der Waals surface area contributed by atoms with Gasteiger partial charge in [0.15, 0.2) is 0 Å². The van der Waals surface area contributed by atoms with E-state index in [1.807, 2.05) is 37.5 Å². The summed E-state index contributed by atoms with van der Waals surface area (Å²) in [7, 11) is 3.55. The maximum Gasteiger partial charge on any atom is 0.125 e. The lowest BCUT2D eigenvalue weighted by Gasteiger charge is -2.04. The van der Waals surface area contributed by atoms with Crippen molar-refractivity contribution in [2.45, 2.75) is 0 Å². The molecule has 0 bridgehead atoms. The topological polar surface area (TPSA) is 47.0 Å². The molecule has 0 radical (unpaired) electrons. The summed E-state index contributed by atoms with van der Waals surface area (Å²) in [4.78, 5) is 9.09. The van der Waals surface area contributed by atoms with Crippen LogP contribution in [0, 0.1) is 0 Å². The number of benzene rings is 2. The summed E-state index contributed by atoms with van der Waals surface area (Å²) in [5.74, 6) is 1.72. The number of thiazole rings is 1. The smallest absolute Gasteiger partial charge is 0.125 e. The lowest BCUT2D eigenvalue weighted by atomic mass is 10.1. The molecule has 124 valence electrons. The van der Waals surface area contributed by atoms with Crippen LogP contribution in [-0.2, 0) is 0 Å². The Morgan fingerprint density at radius 2 is 1.68 bits per heavy atom. The van der Waals surface area contributed by atoms with Gasteiger partial charge < -0.3 is 10.1 Å². The van der Waals surface area contributed by atoms with E-state index in [1.54, 1.807) is 18.4 Å². The number of ether oxygens (including phenoxy) is 1. The quantitative estimate of drug-likeness (QED) is 0.559. The van der Waals surface area contributed by atoms with Gasteiger partial charge in [0.05, 0.1) is 17.3 Å². The number of hydrogen-bond acceptors (Lipinski definition) is 5. The fraction of sp³-hybridized carbons (Fsp3) is 0.100. The van der Waals surface area contributed by atoms with Crippen LogP contribution in [0.4, 0.5) is 5.82 Å². The molecule has 0 unspecified atom stereocenters. The van der Waals surface area contributed by atoms with E-state index in [0.29, 0.717) is 0 Å². The summed E-state index contributed by atoms with van der Waals surface area (Å²) < 4.78 is 6.42. The molecule has 4 aromatic rings. The Hall–Kier alpha value is -2.92. The fourth-order valence-electron chi connectivity index (χ4n) is 2.67. The van der Waals surface area contributed by atoms with Crippen LogP contribution in [0.1, 0.15) is 0 Å². The van der Waals surface area contributed by atoms with Crippen LogP contribution in [0.15, 0.2) is 60.8 Å². The van der Waals surface area contributed by atoms with Crippen LogP contribution < -0.4 is 10.1 Å². The van der Waals surface area contributed by atoms with Gasteiger partial charge in [0.2, 0.25) is 0 Å². The molecule has 4 nitrogen and oxygen atoms in total. The van der Waals surface area contributed by atoms with Gasteiger partial charge in [-0.1, -0.05) is 24.3 Å². The van der Waals surface area contributed by atoms with E-state index < -0.39 is 0 Å². The zero-order valence-corrected chi connectivity index (χ0v) is 14.8. The Balaban J connectivity index is 1.65. The number of methoxy groups -OCH3 is 1. The third kappa shape index (κ3) is 3.06. The molecular formula is C20H17N3OS. The molecule has 0 aliphatic carbocycles. The van der Waals surface area contributed by atoms with Gasteiger partial charge in [0, 0.05) is 24.4 Å². The Morgan fingerprint density at radius 3 is 2.36 bits per heavy atom. The summed E-state index contributed by atoms with van der Waals surface area (Å²) in [5.41, 5.74) is 4.35. The highest BCUT2D eigenvalue weighted by atomic mass is 32.1. The lowest BCUT2D eigenvalue weighted by molar-refractivity contribution is 0.415. The third-order valence-corrected chi connectivity index (χ3v) is 5.15. The molecule has 0 fully saturated rings. The van der Waals surface area contributed by atoms with Gasteiger partial charge in [-0.2, -0.15) is 0 Å². The summed E-state index contributed by atoms with van der Waals surface area (Å²) >= 11 is 1.67. The summed E-state index contributed by atoms with van der Waals surface area (Å²) in [5, 5.41) is 4.04. The summed E-state index contributed by atoms with van der Waals surface area (Å²) in [6, 6.07) is 18.4. The molecule has 0 amide bonds. The minimum Gasteiger partial charge on any atom is -0.497 e. The largest absolute Gasteiger partial charge is 0.497 e. The molecule has 2 aromatic carbocycles. The highest BCUT2D eigenvalue weighted by molar-refractivity contribution is 7.21. The average Bonchev–Trinajstić information content (AvgIpc) is 3.11. The van der Waals surface area contributed by atoms with E-state index in [4.69, 9.17) is 9.72 Å². The van der Waals surface area contributed by atoms with Crippen LogP contribution in [-0.4, -0.2) is 24.1 Å². The minimum atomic E-state index is 0.857. The second-order valence-electron chi connectivity index (χ2n) is 5.61. The van der Waals surface area contributed by atoms with Gasteiger partial charge in [-0.25, -0.2) is 9.97 Å². The van der Waals surface area contributed by atoms with Crippen LogP contribution in [0.5, 0.6) is 5.75 Å². The highest BCUT2D eigenvalue weighted by Gasteiger charge is 2.08. The molecule has 0 saturated carbocycles. The molecule has 0 atom stereocenters. The fourth-order valence-corrected chi connectivity index (χ4v) is 3.67. The molecule has 2 aromatic heterocycles. The number of hydrogen-bond donors (Lipinski definition) is 1. The van der Waals surface area contributed by atoms with E-state index in [9.17, 15) is 0 Å². The molecule has 0 aliphatic heterocycles. The van der Waals surface area contributed by atoms with Crippen molar-refractivity contribution in [3.8, 4) is 27.4 Å². The number of fused-ring (bicyclic) bond motifs is 1. The maximum atomic E-state index is 5.29. The highest BCUT2D eigenvalue weighted by Crippen LogP contribution is 2.33. The Labute approximate surface area is 150 Å². The minimum absolute atomic E-state index is 0.857.